The fourth-order valence-corrected chi connectivity index (χ4v) is 5.51. The van der Waals surface area contributed by atoms with Crippen molar-refractivity contribution in [2.24, 2.45) is 23.7 Å². The standard InChI is InChI=1S/C28H30N2O6/c1-3-35-21-9-5-19(6-10-21)29-16-18(15-25(29)31)28(34)36-22-11-7-20(8-12-22)30-26(32)23-13-4-17(2)14-24(23)27(30)33/h5-12,17-18,23-24H,3-4,13-16H2,1-2H3/t17-,18-,23-,24-/m0/s1. The lowest BCUT2D eigenvalue weighted by molar-refractivity contribution is -0.139. The summed E-state index contributed by atoms with van der Waals surface area (Å²) in [5.41, 5.74) is 1.20. The molecular formula is C28H30N2O6. The van der Waals surface area contributed by atoms with Gasteiger partial charge in [-0.25, -0.2) is 0 Å². The fourth-order valence-electron chi connectivity index (χ4n) is 5.51. The lowest BCUT2D eigenvalue weighted by atomic mass is 9.76. The first-order valence-corrected chi connectivity index (χ1v) is 12.6. The van der Waals surface area contributed by atoms with Gasteiger partial charge in [-0.2, -0.15) is 0 Å². The highest BCUT2D eigenvalue weighted by Crippen LogP contribution is 2.42. The maximum absolute atomic E-state index is 12.9. The minimum atomic E-state index is -0.587. The van der Waals surface area contributed by atoms with Crippen molar-refractivity contribution in [2.75, 3.05) is 23.0 Å². The van der Waals surface area contributed by atoms with Crippen LogP contribution in [0, 0.1) is 23.7 Å². The van der Waals surface area contributed by atoms with Crippen LogP contribution in [0.25, 0.3) is 0 Å². The minimum Gasteiger partial charge on any atom is -0.494 e. The molecule has 3 amide bonds. The van der Waals surface area contributed by atoms with E-state index in [4.69, 9.17) is 9.47 Å². The Hall–Kier alpha value is -3.68. The molecule has 0 aromatic heterocycles. The SMILES string of the molecule is CCOc1ccc(N2C[C@@H](C(=O)Oc3ccc(N4C(=O)[C@H]5CC[C@H](C)C[C@@H]5C4=O)cc3)CC2=O)cc1. The molecule has 0 radical (unpaired) electrons. The summed E-state index contributed by atoms with van der Waals surface area (Å²) in [6.45, 7) is 4.82. The molecule has 2 heterocycles. The van der Waals surface area contributed by atoms with Crippen LogP contribution in [0.15, 0.2) is 48.5 Å². The molecule has 188 valence electrons. The molecule has 3 fully saturated rings. The highest BCUT2D eigenvalue weighted by atomic mass is 16.5. The van der Waals surface area contributed by atoms with Gasteiger partial charge in [-0.05, 0) is 80.6 Å². The quantitative estimate of drug-likeness (QED) is 0.346. The summed E-state index contributed by atoms with van der Waals surface area (Å²) in [6.07, 6.45) is 2.52. The van der Waals surface area contributed by atoms with Crippen LogP contribution in [0.1, 0.15) is 39.5 Å². The topological polar surface area (TPSA) is 93.2 Å². The second-order valence-corrected chi connectivity index (χ2v) is 9.89. The highest BCUT2D eigenvalue weighted by Gasteiger charge is 2.50. The molecule has 0 spiro atoms. The van der Waals surface area contributed by atoms with Gasteiger partial charge in [0.25, 0.3) is 0 Å². The van der Waals surface area contributed by atoms with Crippen LogP contribution in [-0.4, -0.2) is 36.8 Å². The Labute approximate surface area is 210 Å². The Morgan fingerprint density at radius 3 is 2.22 bits per heavy atom. The number of nitrogens with zero attached hydrogens (tertiary/aromatic N) is 2. The third-order valence-corrected chi connectivity index (χ3v) is 7.42. The number of fused-ring (bicyclic) bond motifs is 1. The van der Waals surface area contributed by atoms with Crippen LogP contribution in [0.5, 0.6) is 11.5 Å². The fraction of sp³-hybridized carbons (Fsp3) is 0.429. The molecule has 0 unspecified atom stereocenters. The lowest BCUT2D eigenvalue weighted by Gasteiger charge is -2.25. The van der Waals surface area contributed by atoms with Crippen molar-refractivity contribution in [3.8, 4) is 11.5 Å². The predicted octanol–water partition coefficient (Wildman–Crippen LogP) is 3.97. The van der Waals surface area contributed by atoms with E-state index >= 15 is 0 Å². The molecular weight excluding hydrogens is 460 g/mol. The van der Waals surface area contributed by atoms with Crippen molar-refractivity contribution in [3.63, 3.8) is 0 Å². The number of amides is 3. The third-order valence-electron chi connectivity index (χ3n) is 7.42. The molecule has 3 aliphatic rings. The van der Waals surface area contributed by atoms with E-state index in [9.17, 15) is 19.2 Å². The number of anilines is 2. The minimum absolute atomic E-state index is 0.0715. The molecule has 0 bridgehead atoms. The summed E-state index contributed by atoms with van der Waals surface area (Å²) in [5, 5.41) is 0. The molecule has 36 heavy (non-hydrogen) atoms. The van der Waals surface area contributed by atoms with E-state index in [1.165, 1.54) is 4.90 Å². The van der Waals surface area contributed by atoms with Crippen LogP contribution >= 0.6 is 0 Å². The van der Waals surface area contributed by atoms with Crippen molar-refractivity contribution in [3.05, 3.63) is 48.5 Å². The van der Waals surface area contributed by atoms with Gasteiger partial charge in [0.2, 0.25) is 17.7 Å². The summed E-state index contributed by atoms with van der Waals surface area (Å²) >= 11 is 0. The van der Waals surface area contributed by atoms with Crippen molar-refractivity contribution in [1.82, 2.24) is 0 Å². The molecule has 0 N–H and O–H groups in total. The summed E-state index contributed by atoms with van der Waals surface area (Å²) in [6, 6.07) is 13.6. The molecule has 2 aromatic carbocycles. The normalized spacial score (nSPS) is 25.8. The van der Waals surface area contributed by atoms with Crippen LogP contribution < -0.4 is 19.3 Å². The number of esters is 1. The van der Waals surface area contributed by atoms with Crippen molar-refractivity contribution in [1.29, 1.82) is 0 Å². The monoisotopic (exact) mass is 490 g/mol. The van der Waals surface area contributed by atoms with E-state index in [0.717, 1.165) is 25.0 Å². The average molecular weight is 491 g/mol. The van der Waals surface area contributed by atoms with Crippen LogP contribution in [0.3, 0.4) is 0 Å². The van der Waals surface area contributed by atoms with E-state index in [-0.39, 0.29) is 42.5 Å². The zero-order valence-electron chi connectivity index (χ0n) is 20.5. The predicted molar refractivity (Wildman–Crippen MR) is 133 cm³/mol. The summed E-state index contributed by atoms with van der Waals surface area (Å²) in [7, 11) is 0. The number of benzene rings is 2. The summed E-state index contributed by atoms with van der Waals surface area (Å²) in [4.78, 5) is 54.0. The van der Waals surface area contributed by atoms with E-state index < -0.39 is 11.9 Å². The third kappa shape index (κ3) is 4.47. The molecule has 2 saturated heterocycles. The first-order valence-electron chi connectivity index (χ1n) is 12.6. The largest absolute Gasteiger partial charge is 0.494 e. The number of imide groups is 1. The van der Waals surface area contributed by atoms with Crippen molar-refractivity contribution >= 4 is 35.1 Å². The summed E-state index contributed by atoms with van der Waals surface area (Å²) < 4.78 is 11.0. The Morgan fingerprint density at radius 2 is 1.53 bits per heavy atom. The van der Waals surface area contributed by atoms with Gasteiger partial charge in [0.15, 0.2) is 0 Å². The zero-order valence-corrected chi connectivity index (χ0v) is 20.5. The molecule has 1 aliphatic carbocycles. The molecule has 2 aromatic rings. The van der Waals surface area contributed by atoms with Crippen LogP contribution in [0.4, 0.5) is 11.4 Å². The molecule has 8 heteroatoms. The summed E-state index contributed by atoms with van der Waals surface area (Å²) in [5.74, 6) is -0.495. The molecule has 1 saturated carbocycles. The number of carbonyl (C=O) groups excluding carboxylic acids is 4. The Kier molecular flexibility index (Phi) is 6.51. The van der Waals surface area contributed by atoms with Crippen LogP contribution in [-0.2, 0) is 19.2 Å². The van der Waals surface area contributed by atoms with E-state index in [2.05, 4.69) is 6.92 Å². The second-order valence-electron chi connectivity index (χ2n) is 9.89. The number of ether oxygens (including phenoxy) is 2. The van der Waals surface area contributed by atoms with Crippen molar-refractivity contribution in [2.45, 2.75) is 39.5 Å². The number of rotatable bonds is 6. The Morgan fingerprint density at radius 1 is 0.889 bits per heavy atom. The van der Waals surface area contributed by atoms with Crippen molar-refractivity contribution < 1.29 is 28.7 Å². The second kappa shape index (κ2) is 9.76. The molecule has 4 atom stereocenters. The molecule has 5 rings (SSSR count). The van der Waals surface area contributed by atoms with Gasteiger partial charge in [-0.1, -0.05) is 6.92 Å². The average Bonchev–Trinajstić information content (AvgIpc) is 3.37. The Balaban J connectivity index is 1.21. The highest BCUT2D eigenvalue weighted by molar-refractivity contribution is 6.22. The first kappa shape index (κ1) is 24.0. The van der Waals surface area contributed by atoms with Gasteiger partial charge < -0.3 is 14.4 Å². The van der Waals surface area contributed by atoms with E-state index in [1.54, 1.807) is 53.4 Å². The van der Waals surface area contributed by atoms with Crippen LogP contribution in [0.2, 0.25) is 0 Å². The maximum atomic E-state index is 12.9. The van der Waals surface area contributed by atoms with Gasteiger partial charge in [-0.15, -0.1) is 0 Å². The lowest BCUT2D eigenvalue weighted by Crippen LogP contribution is -2.30. The van der Waals surface area contributed by atoms with Gasteiger partial charge in [-0.3, -0.25) is 24.1 Å². The Bertz CT molecular complexity index is 1180. The smallest absolute Gasteiger partial charge is 0.316 e. The van der Waals surface area contributed by atoms with Gasteiger partial charge in [0.1, 0.15) is 11.5 Å². The number of hydrogen-bond acceptors (Lipinski definition) is 6. The van der Waals surface area contributed by atoms with Gasteiger partial charge in [0, 0.05) is 18.7 Å². The van der Waals surface area contributed by atoms with E-state index in [1.807, 2.05) is 6.92 Å². The maximum Gasteiger partial charge on any atom is 0.316 e. The van der Waals surface area contributed by atoms with Gasteiger partial charge >= 0.3 is 5.97 Å². The number of hydrogen-bond donors (Lipinski definition) is 0. The first-order chi connectivity index (χ1) is 17.4. The molecule has 8 nitrogen and oxygen atoms in total. The molecule has 2 aliphatic heterocycles. The number of carbonyl (C=O) groups is 4. The van der Waals surface area contributed by atoms with Gasteiger partial charge in [0.05, 0.1) is 30.0 Å². The zero-order chi connectivity index (χ0) is 25.4. The van der Waals surface area contributed by atoms with E-state index in [0.29, 0.717) is 29.6 Å².